The SMILES string of the molecule is CN(CC(C)(C)C)c1ncc(C(N)=NO)cc1[N+](=O)[O-]. The van der Waals surface area contributed by atoms with E-state index in [0.29, 0.717) is 6.54 Å². The number of nitro groups is 1. The molecule has 0 fully saturated rings. The molecule has 0 aliphatic carbocycles. The summed E-state index contributed by atoms with van der Waals surface area (Å²) < 4.78 is 0. The van der Waals surface area contributed by atoms with Gasteiger partial charge in [-0.3, -0.25) is 10.1 Å². The summed E-state index contributed by atoms with van der Waals surface area (Å²) in [7, 11) is 1.74. The van der Waals surface area contributed by atoms with Gasteiger partial charge in [-0.1, -0.05) is 25.9 Å². The van der Waals surface area contributed by atoms with Crippen LogP contribution in [0.3, 0.4) is 0 Å². The van der Waals surface area contributed by atoms with Crippen molar-refractivity contribution in [1.82, 2.24) is 4.98 Å². The fourth-order valence-electron chi connectivity index (χ4n) is 1.86. The van der Waals surface area contributed by atoms with Crippen LogP contribution in [-0.4, -0.2) is 34.5 Å². The predicted octanol–water partition coefficient (Wildman–Crippen LogP) is 1.57. The van der Waals surface area contributed by atoms with Crippen molar-refractivity contribution in [3.05, 3.63) is 27.9 Å². The van der Waals surface area contributed by atoms with Gasteiger partial charge in [0.15, 0.2) is 5.84 Å². The smallest absolute Gasteiger partial charge is 0.312 e. The third-order valence-electron chi connectivity index (χ3n) is 2.52. The third kappa shape index (κ3) is 3.81. The van der Waals surface area contributed by atoms with Crippen molar-refractivity contribution < 1.29 is 10.1 Å². The number of pyridine rings is 1. The van der Waals surface area contributed by atoms with Crippen LogP contribution in [0, 0.1) is 15.5 Å². The topological polar surface area (TPSA) is 118 Å². The normalized spacial score (nSPS) is 12.3. The molecule has 8 heteroatoms. The molecular weight excluding hydrogens is 262 g/mol. The van der Waals surface area contributed by atoms with Crippen molar-refractivity contribution in [2.45, 2.75) is 20.8 Å². The van der Waals surface area contributed by atoms with Crippen LogP contribution in [0.1, 0.15) is 26.3 Å². The summed E-state index contributed by atoms with van der Waals surface area (Å²) in [5, 5.41) is 22.6. The number of amidine groups is 1. The minimum atomic E-state index is -0.532. The molecule has 0 aromatic carbocycles. The molecule has 20 heavy (non-hydrogen) atoms. The van der Waals surface area contributed by atoms with Gasteiger partial charge in [-0.15, -0.1) is 0 Å². The van der Waals surface area contributed by atoms with Gasteiger partial charge in [-0.25, -0.2) is 4.98 Å². The number of hydrogen-bond acceptors (Lipinski definition) is 6. The van der Waals surface area contributed by atoms with E-state index in [2.05, 4.69) is 10.1 Å². The van der Waals surface area contributed by atoms with E-state index in [-0.39, 0.29) is 28.3 Å². The van der Waals surface area contributed by atoms with Crippen LogP contribution >= 0.6 is 0 Å². The second kappa shape index (κ2) is 5.72. The Labute approximate surface area is 117 Å². The molecule has 0 amide bonds. The summed E-state index contributed by atoms with van der Waals surface area (Å²) in [6, 6.07) is 1.25. The lowest BCUT2D eigenvalue weighted by atomic mass is 9.96. The summed E-state index contributed by atoms with van der Waals surface area (Å²) in [6.07, 6.45) is 1.34. The van der Waals surface area contributed by atoms with Crippen LogP contribution < -0.4 is 10.6 Å². The standard InChI is InChI=1S/C12H19N5O3/c1-12(2,3)7-16(4)11-9(17(19)20)5-8(6-14-11)10(13)15-18/h5-6,18H,7H2,1-4H3,(H2,13,15). The quantitative estimate of drug-likeness (QED) is 0.284. The molecule has 0 aliphatic heterocycles. The molecule has 3 N–H and O–H groups in total. The molecule has 110 valence electrons. The molecular formula is C12H19N5O3. The maximum Gasteiger partial charge on any atom is 0.312 e. The Hall–Kier alpha value is -2.38. The van der Waals surface area contributed by atoms with Crippen LogP contribution in [-0.2, 0) is 0 Å². The molecule has 0 aliphatic rings. The first-order valence-corrected chi connectivity index (χ1v) is 5.99. The van der Waals surface area contributed by atoms with Gasteiger partial charge in [-0.05, 0) is 5.41 Å². The summed E-state index contributed by atoms with van der Waals surface area (Å²) in [5.74, 6) is 0.0324. The molecule has 0 spiro atoms. The van der Waals surface area contributed by atoms with Gasteiger partial charge in [0, 0.05) is 31.4 Å². The van der Waals surface area contributed by atoms with Gasteiger partial charge in [0.05, 0.1) is 4.92 Å². The highest BCUT2D eigenvalue weighted by Crippen LogP contribution is 2.28. The van der Waals surface area contributed by atoms with E-state index in [1.54, 1.807) is 11.9 Å². The van der Waals surface area contributed by atoms with Crippen molar-refractivity contribution in [2.24, 2.45) is 16.3 Å². The Morgan fingerprint density at radius 2 is 2.20 bits per heavy atom. The van der Waals surface area contributed by atoms with Crippen molar-refractivity contribution in [2.75, 3.05) is 18.5 Å². The molecule has 0 radical (unpaired) electrons. The first-order valence-electron chi connectivity index (χ1n) is 5.99. The van der Waals surface area contributed by atoms with Crippen LogP contribution in [0.15, 0.2) is 17.4 Å². The highest BCUT2D eigenvalue weighted by Gasteiger charge is 2.23. The van der Waals surface area contributed by atoms with Crippen molar-refractivity contribution in [3.63, 3.8) is 0 Å². The van der Waals surface area contributed by atoms with Gasteiger partial charge in [0.1, 0.15) is 0 Å². The molecule has 1 aromatic heterocycles. The van der Waals surface area contributed by atoms with Gasteiger partial charge in [-0.2, -0.15) is 0 Å². The average molecular weight is 281 g/mol. The summed E-state index contributed by atoms with van der Waals surface area (Å²) in [4.78, 5) is 16.4. The first-order chi connectivity index (χ1) is 9.15. The van der Waals surface area contributed by atoms with Crippen LogP contribution in [0.4, 0.5) is 11.5 Å². The monoisotopic (exact) mass is 281 g/mol. The van der Waals surface area contributed by atoms with E-state index in [9.17, 15) is 10.1 Å². The fourth-order valence-corrected chi connectivity index (χ4v) is 1.86. The Morgan fingerprint density at radius 3 is 2.65 bits per heavy atom. The largest absolute Gasteiger partial charge is 0.409 e. The number of rotatable bonds is 4. The summed E-state index contributed by atoms with van der Waals surface area (Å²) in [5.41, 5.74) is 5.40. The predicted molar refractivity (Wildman–Crippen MR) is 76.1 cm³/mol. The minimum Gasteiger partial charge on any atom is -0.409 e. The zero-order chi connectivity index (χ0) is 15.5. The molecule has 0 unspecified atom stereocenters. The lowest BCUT2D eigenvalue weighted by Gasteiger charge is -2.27. The molecule has 1 heterocycles. The lowest BCUT2D eigenvalue weighted by molar-refractivity contribution is -0.384. The Bertz CT molecular complexity index is 536. The zero-order valence-corrected chi connectivity index (χ0v) is 12.0. The van der Waals surface area contributed by atoms with Gasteiger partial charge in [0.25, 0.3) is 0 Å². The molecule has 0 atom stereocenters. The molecule has 0 saturated heterocycles. The Balaban J connectivity index is 3.24. The van der Waals surface area contributed by atoms with Gasteiger partial charge in [0.2, 0.25) is 5.82 Å². The van der Waals surface area contributed by atoms with Crippen LogP contribution in [0.5, 0.6) is 0 Å². The highest BCUT2D eigenvalue weighted by atomic mass is 16.6. The molecule has 1 aromatic rings. The maximum atomic E-state index is 11.2. The molecule has 1 rings (SSSR count). The van der Waals surface area contributed by atoms with Crippen molar-refractivity contribution in [3.8, 4) is 0 Å². The van der Waals surface area contributed by atoms with E-state index in [0.717, 1.165) is 0 Å². The number of oxime groups is 1. The fraction of sp³-hybridized carbons (Fsp3) is 0.500. The molecule has 0 saturated carbocycles. The summed E-state index contributed by atoms with van der Waals surface area (Å²) in [6.45, 7) is 6.68. The van der Waals surface area contributed by atoms with Gasteiger partial charge >= 0.3 is 5.69 Å². The highest BCUT2D eigenvalue weighted by molar-refractivity contribution is 5.97. The number of nitrogens with two attached hydrogens (primary N) is 1. The van der Waals surface area contributed by atoms with Crippen LogP contribution in [0.25, 0.3) is 0 Å². The number of hydrogen-bond donors (Lipinski definition) is 2. The average Bonchev–Trinajstić information content (AvgIpc) is 2.34. The molecule has 8 nitrogen and oxygen atoms in total. The minimum absolute atomic E-state index is 0.0332. The zero-order valence-electron chi connectivity index (χ0n) is 12.0. The van der Waals surface area contributed by atoms with E-state index in [1.165, 1.54) is 12.3 Å². The van der Waals surface area contributed by atoms with Crippen LogP contribution in [0.2, 0.25) is 0 Å². The maximum absolute atomic E-state index is 11.2. The molecule has 0 bridgehead atoms. The van der Waals surface area contributed by atoms with E-state index in [4.69, 9.17) is 10.9 Å². The first kappa shape index (κ1) is 15.7. The van der Waals surface area contributed by atoms with E-state index >= 15 is 0 Å². The third-order valence-corrected chi connectivity index (χ3v) is 2.52. The second-order valence-electron chi connectivity index (χ2n) is 5.73. The number of aromatic nitrogens is 1. The number of nitrogens with zero attached hydrogens (tertiary/aromatic N) is 4. The Morgan fingerprint density at radius 1 is 1.60 bits per heavy atom. The number of anilines is 1. The van der Waals surface area contributed by atoms with Crippen molar-refractivity contribution in [1.29, 1.82) is 0 Å². The lowest BCUT2D eigenvalue weighted by Crippen LogP contribution is -2.30. The van der Waals surface area contributed by atoms with E-state index in [1.807, 2.05) is 20.8 Å². The van der Waals surface area contributed by atoms with Crippen molar-refractivity contribution >= 4 is 17.3 Å². The summed E-state index contributed by atoms with van der Waals surface area (Å²) >= 11 is 0. The Kier molecular flexibility index (Phi) is 4.49. The second-order valence-corrected chi connectivity index (χ2v) is 5.73. The van der Waals surface area contributed by atoms with Gasteiger partial charge < -0.3 is 15.8 Å². The van der Waals surface area contributed by atoms with E-state index < -0.39 is 4.92 Å².